The number of amides is 1. The Morgan fingerprint density at radius 2 is 2.00 bits per heavy atom. The van der Waals surface area contributed by atoms with E-state index >= 15 is 0 Å². The van der Waals surface area contributed by atoms with Gasteiger partial charge >= 0.3 is 0 Å². The van der Waals surface area contributed by atoms with Gasteiger partial charge in [0, 0.05) is 18.1 Å². The molecule has 0 radical (unpaired) electrons. The third-order valence-electron chi connectivity index (χ3n) is 3.50. The Morgan fingerprint density at radius 1 is 1.22 bits per heavy atom. The van der Waals surface area contributed by atoms with Crippen LogP contribution in [0, 0.1) is 6.92 Å². The Morgan fingerprint density at radius 3 is 2.65 bits per heavy atom. The number of benzene rings is 2. The van der Waals surface area contributed by atoms with Gasteiger partial charge in [-0.1, -0.05) is 41.4 Å². The first-order valence-corrected chi connectivity index (χ1v) is 7.63. The number of halogens is 1. The number of hydrogen-bond acceptors (Lipinski definition) is 2. The fraction of sp³-hybridized carbons (Fsp3) is 0.111. The summed E-state index contributed by atoms with van der Waals surface area (Å²) in [4.78, 5) is 16.1. The molecule has 1 N–H and O–H groups in total. The fourth-order valence-electron chi connectivity index (χ4n) is 2.29. The number of nitrogens with zero attached hydrogens (tertiary/aromatic N) is 2. The molecule has 0 fully saturated rings. The number of rotatable bonds is 4. The van der Waals surface area contributed by atoms with Crippen LogP contribution in [0.4, 0.5) is 5.69 Å². The molecular weight excluding hydrogens is 310 g/mol. The zero-order valence-electron chi connectivity index (χ0n) is 12.7. The molecule has 23 heavy (non-hydrogen) atoms. The van der Waals surface area contributed by atoms with Crippen molar-refractivity contribution in [2.45, 2.75) is 13.3 Å². The van der Waals surface area contributed by atoms with Gasteiger partial charge in [0.25, 0.3) is 0 Å². The van der Waals surface area contributed by atoms with E-state index in [0.717, 1.165) is 11.3 Å². The van der Waals surface area contributed by atoms with Crippen molar-refractivity contribution in [1.29, 1.82) is 0 Å². The van der Waals surface area contributed by atoms with Gasteiger partial charge in [-0.25, -0.2) is 4.98 Å². The van der Waals surface area contributed by atoms with Crippen molar-refractivity contribution in [2.75, 3.05) is 5.32 Å². The van der Waals surface area contributed by atoms with Gasteiger partial charge in [0.2, 0.25) is 5.91 Å². The smallest absolute Gasteiger partial charge is 0.228 e. The second-order valence-corrected chi connectivity index (χ2v) is 5.75. The molecule has 4 nitrogen and oxygen atoms in total. The molecule has 0 aliphatic carbocycles. The monoisotopic (exact) mass is 325 g/mol. The minimum absolute atomic E-state index is 0.0692. The van der Waals surface area contributed by atoms with Gasteiger partial charge in [-0.3, -0.25) is 4.79 Å². The molecule has 0 aliphatic heterocycles. The highest BCUT2D eigenvalue weighted by molar-refractivity contribution is 6.32. The SMILES string of the molecule is Cc1ccc(CC(=O)Nc2ccc(-n3ccnc3)c(Cl)c2)cc1. The minimum Gasteiger partial charge on any atom is -0.326 e. The van der Waals surface area contributed by atoms with Gasteiger partial charge in [0.05, 0.1) is 23.5 Å². The molecule has 0 unspecified atom stereocenters. The first-order valence-electron chi connectivity index (χ1n) is 7.25. The summed E-state index contributed by atoms with van der Waals surface area (Å²) in [7, 11) is 0. The number of nitrogens with one attached hydrogen (secondary N) is 1. The Hall–Kier alpha value is -2.59. The van der Waals surface area contributed by atoms with E-state index in [1.807, 2.05) is 54.1 Å². The molecule has 0 atom stereocenters. The van der Waals surface area contributed by atoms with Gasteiger partial charge in [-0.15, -0.1) is 0 Å². The summed E-state index contributed by atoms with van der Waals surface area (Å²) in [6.45, 7) is 2.02. The molecular formula is C18H16ClN3O. The number of imidazole rings is 1. The highest BCUT2D eigenvalue weighted by Crippen LogP contribution is 2.24. The summed E-state index contributed by atoms with van der Waals surface area (Å²) in [6.07, 6.45) is 5.52. The van der Waals surface area contributed by atoms with Crippen molar-refractivity contribution in [3.8, 4) is 5.69 Å². The van der Waals surface area contributed by atoms with Gasteiger partial charge in [0.15, 0.2) is 0 Å². The fourth-order valence-corrected chi connectivity index (χ4v) is 2.57. The van der Waals surface area contributed by atoms with Crippen LogP contribution in [0.15, 0.2) is 61.2 Å². The molecule has 1 heterocycles. The van der Waals surface area contributed by atoms with Crippen LogP contribution in [-0.2, 0) is 11.2 Å². The minimum atomic E-state index is -0.0692. The molecule has 0 saturated carbocycles. The molecule has 0 saturated heterocycles. The summed E-state index contributed by atoms with van der Waals surface area (Å²) >= 11 is 6.28. The Labute approximate surface area is 139 Å². The van der Waals surface area contributed by atoms with Crippen LogP contribution in [0.5, 0.6) is 0 Å². The van der Waals surface area contributed by atoms with E-state index in [-0.39, 0.29) is 5.91 Å². The topological polar surface area (TPSA) is 46.9 Å². The van der Waals surface area contributed by atoms with Crippen LogP contribution < -0.4 is 5.32 Å². The third-order valence-corrected chi connectivity index (χ3v) is 3.80. The van der Waals surface area contributed by atoms with E-state index < -0.39 is 0 Å². The average Bonchev–Trinajstić information content (AvgIpc) is 3.04. The van der Waals surface area contributed by atoms with Crippen LogP contribution in [-0.4, -0.2) is 15.5 Å². The van der Waals surface area contributed by atoms with Crippen LogP contribution >= 0.6 is 11.6 Å². The lowest BCUT2D eigenvalue weighted by molar-refractivity contribution is -0.115. The van der Waals surface area contributed by atoms with E-state index in [2.05, 4.69) is 10.3 Å². The predicted molar refractivity (Wildman–Crippen MR) is 92.1 cm³/mol. The Bertz CT molecular complexity index is 811. The molecule has 2 aromatic carbocycles. The first kappa shape index (κ1) is 15.3. The largest absolute Gasteiger partial charge is 0.326 e. The molecule has 1 aromatic heterocycles. The van der Waals surface area contributed by atoms with E-state index in [1.54, 1.807) is 18.6 Å². The van der Waals surface area contributed by atoms with Crippen molar-refractivity contribution in [3.63, 3.8) is 0 Å². The van der Waals surface area contributed by atoms with E-state index in [1.165, 1.54) is 5.56 Å². The molecule has 3 aromatic rings. The highest BCUT2D eigenvalue weighted by atomic mass is 35.5. The number of aromatic nitrogens is 2. The second kappa shape index (κ2) is 6.67. The van der Waals surface area contributed by atoms with Crippen molar-refractivity contribution >= 4 is 23.2 Å². The van der Waals surface area contributed by atoms with Crippen LogP contribution in [0.1, 0.15) is 11.1 Å². The number of carbonyl (C=O) groups excluding carboxylic acids is 1. The molecule has 5 heteroatoms. The standard InChI is InChI=1S/C18H16ClN3O/c1-13-2-4-14(5-3-13)10-18(23)21-15-6-7-17(16(19)11-15)22-9-8-20-12-22/h2-9,11-12H,10H2,1H3,(H,21,23). The van der Waals surface area contributed by atoms with Crippen LogP contribution in [0.25, 0.3) is 5.69 Å². The molecule has 116 valence electrons. The number of carbonyl (C=O) groups is 1. The molecule has 1 amide bonds. The Kier molecular flexibility index (Phi) is 4.44. The lowest BCUT2D eigenvalue weighted by Gasteiger charge is -2.09. The van der Waals surface area contributed by atoms with Crippen LogP contribution in [0.3, 0.4) is 0 Å². The zero-order valence-corrected chi connectivity index (χ0v) is 13.4. The quantitative estimate of drug-likeness (QED) is 0.787. The van der Waals surface area contributed by atoms with Gasteiger partial charge in [-0.2, -0.15) is 0 Å². The number of anilines is 1. The normalized spacial score (nSPS) is 10.5. The summed E-state index contributed by atoms with van der Waals surface area (Å²) in [5.41, 5.74) is 3.65. The van der Waals surface area contributed by atoms with Crippen molar-refractivity contribution in [1.82, 2.24) is 9.55 Å². The van der Waals surface area contributed by atoms with Gasteiger partial charge < -0.3 is 9.88 Å². The molecule has 0 aliphatic rings. The number of aryl methyl sites for hydroxylation is 1. The maximum Gasteiger partial charge on any atom is 0.228 e. The van der Waals surface area contributed by atoms with Crippen LogP contribution in [0.2, 0.25) is 5.02 Å². The summed E-state index contributed by atoms with van der Waals surface area (Å²) in [5, 5.41) is 3.42. The third kappa shape index (κ3) is 3.79. The van der Waals surface area contributed by atoms with E-state index in [0.29, 0.717) is 17.1 Å². The number of hydrogen-bond donors (Lipinski definition) is 1. The van der Waals surface area contributed by atoms with Gasteiger partial charge in [0.1, 0.15) is 0 Å². The Balaban J connectivity index is 1.69. The zero-order chi connectivity index (χ0) is 16.2. The van der Waals surface area contributed by atoms with Crippen molar-refractivity contribution in [3.05, 3.63) is 77.3 Å². The maximum absolute atomic E-state index is 12.1. The second-order valence-electron chi connectivity index (χ2n) is 5.35. The molecule has 3 rings (SSSR count). The van der Waals surface area contributed by atoms with Crippen molar-refractivity contribution in [2.24, 2.45) is 0 Å². The molecule has 0 bridgehead atoms. The lowest BCUT2D eigenvalue weighted by Crippen LogP contribution is -2.14. The maximum atomic E-state index is 12.1. The summed E-state index contributed by atoms with van der Waals surface area (Å²) < 4.78 is 1.82. The molecule has 0 spiro atoms. The summed E-state index contributed by atoms with van der Waals surface area (Å²) in [6, 6.07) is 13.3. The highest BCUT2D eigenvalue weighted by Gasteiger charge is 2.07. The average molecular weight is 326 g/mol. The first-order chi connectivity index (χ1) is 11.1. The van der Waals surface area contributed by atoms with E-state index in [9.17, 15) is 4.79 Å². The summed E-state index contributed by atoms with van der Waals surface area (Å²) in [5.74, 6) is -0.0692. The van der Waals surface area contributed by atoms with E-state index in [4.69, 9.17) is 11.6 Å². The van der Waals surface area contributed by atoms with Crippen molar-refractivity contribution < 1.29 is 4.79 Å². The van der Waals surface area contributed by atoms with Gasteiger partial charge in [-0.05, 0) is 30.7 Å². The predicted octanol–water partition coefficient (Wildman–Crippen LogP) is 4.02. The lowest BCUT2D eigenvalue weighted by atomic mass is 10.1.